The molecule has 17 heavy (non-hydrogen) atoms. The van der Waals surface area contributed by atoms with E-state index in [0.717, 1.165) is 16.8 Å². The Morgan fingerprint density at radius 3 is 2.71 bits per heavy atom. The predicted molar refractivity (Wildman–Crippen MR) is 77.3 cm³/mol. The highest BCUT2D eigenvalue weighted by Gasteiger charge is 2.24. The van der Waals surface area contributed by atoms with Crippen LogP contribution in [0, 0.1) is 0 Å². The van der Waals surface area contributed by atoms with E-state index >= 15 is 0 Å². The van der Waals surface area contributed by atoms with Gasteiger partial charge in [-0.15, -0.1) is 11.6 Å². The number of hydrogen-bond donors (Lipinski definition) is 0. The molecule has 0 unspecified atom stereocenters. The number of pyridine rings is 1. The molecule has 0 bridgehead atoms. The summed E-state index contributed by atoms with van der Waals surface area (Å²) in [7, 11) is 0. The van der Waals surface area contributed by atoms with Gasteiger partial charge in [0.25, 0.3) is 0 Å². The van der Waals surface area contributed by atoms with E-state index in [2.05, 4.69) is 25.8 Å². The fourth-order valence-corrected chi connectivity index (χ4v) is 3.44. The van der Waals surface area contributed by atoms with Crippen LogP contribution >= 0.6 is 39.1 Å². The van der Waals surface area contributed by atoms with Crippen LogP contribution in [0.5, 0.6) is 0 Å². The Labute approximate surface area is 120 Å². The lowest BCUT2D eigenvalue weighted by molar-refractivity contribution is 0.613. The topological polar surface area (TPSA) is 16.1 Å². The summed E-state index contributed by atoms with van der Waals surface area (Å²) >= 11 is 15.4. The Morgan fingerprint density at radius 2 is 2.12 bits per heavy atom. The van der Waals surface area contributed by atoms with Crippen LogP contribution in [0.1, 0.15) is 25.7 Å². The summed E-state index contributed by atoms with van der Waals surface area (Å²) in [6.07, 6.45) is 6.75. The van der Waals surface area contributed by atoms with E-state index in [0.29, 0.717) is 16.9 Å². The van der Waals surface area contributed by atoms with Crippen LogP contribution in [-0.2, 0) is 0 Å². The van der Waals surface area contributed by atoms with Gasteiger partial charge in [-0.25, -0.2) is 4.98 Å². The maximum atomic E-state index is 5.92. The molecule has 0 spiro atoms. The molecule has 5 heteroatoms. The van der Waals surface area contributed by atoms with Crippen molar-refractivity contribution in [3.63, 3.8) is 0 Å². The Hall–Kier alpha value is 0.01000. The molecule has 2 rings (SSSR count). The maximum Gasteiger partial charge on any atom is 0.143 e. The Kier molecular flexibility index (Phi) is 4.95. The van der Waals surface area contributed by atoms with Crippen LogP contribution in [0.25, 0.3) is 0 Å². The van der Waals surface area contributed by atoms with Gasteiger partial charge >= 0.3 is 0 Å². The van der Waals surface area contributed by atoms with Crippen LogP contribution < -0.4 is 4.90 Å². The van der Waals surface area contributed by atoms with E-state index in [1.54, 1.807) is 6.20 Å². The molecule has 2 nitrogen and oxygen atoms in total. The third-order valence-corrected chi connectivity index (χ3v) is 4.11. The van der Waals surface area contributed by atoms with Crippen molar-refractivity contribution in [3.05, 3.63) is 21.8 Å². The number of alkyl halides is 1. The summed E-state index contributed by atoms with van der Waals surface area (Å²) < 4.78 is 0.946. The first-order valence-electron chi connectivity index (χ1n) is 5.86. The third-order valence-electron chi connectivity index (χ3n) is 3.15. The molecule has 1 aromatic rings. The molecular formula is C12H15BrCl2N2. The quantitative estimate of drug-likeness (QED) is 0.753. The Bertz CT molecular complexity index is 381. The summed E-state index contributed by atoms with van der Waals surface area (Å²) in [4.78, 5) is 6.74. The van der Waals surface area contributed by atoms with Crippen LogP contribution in [0.15, 0.2) is 16.7 Å². The minimum atomic E-state index is 0.568. The van der Waals surface area contributed by atoms with Crippen molar-refractivity contribution in [2.45, 2.75) is 31.7 Å². The number of aromatic nitrogens is 1. The molecule has 1 saturated carbocycles. The van der Waals surface area contributed by atoms with Gasteiger partial charge in [0.1, 0.15) is 5.82 Å². The molecule has 1 heterocycles. The van der Waals surface area contributed by atoms with Crippen LogP contribution in [0.3, 0.4) is 0 Å². The molecule has 0 atom stereocenters. The number of rotatable bonds is 4. The highest BCUT2D eigenvalue weighted by molar-refractivity contribution is 9.10. The van der Waals surface area contributed by atoms with Gasteiger partial charge in [0, 0.05) is 24.7 Å². The van der Waals surface area contributed by atoms with Gasteiger partial charge in [0.2, 0.25) is 0 Å². The summed E-state index contributed by atoms with van der Waals surface area (Å²) in [5.41, 5.74) is 0. The van der Waals surface area contributed by atoms with Crippen LogP contribution in [0.2, 0.25) is 5.02 Å². The monoisotopic (exact) mass is 336 g/mol. The van der Waals surface area contributed by atoms with Gasteiger partial charge in [-0.3, -0.25) is 0 Å². The van der Waals surface area contributed by atoms with Crippen molar-refractivity contribution in [2.75, 3.05) is 17.3 Å². The fourth-order valence-electron chi connectivity index (χ4n) is 2.39. The summed E-state index contributed by atoms with van der Waals surface area (Å²) in [5.74, 6) is 1.58. The second-order valence-corrected chi connectivity index (χ2v) is 5.95. The largest absolute Gasteiger partial charge is 0.352 e. The SMILES string of the molecule is ClCCN(c1ncc(Cl)cc1Br)C1CCCC1. The summed E-state index contributed by atoms with van der Waals surface area (Å²) in [5, 5.41) is 0.651. The average Bonchev–Trinajstić information content (AvgIpc) is 2.80. The lowest BCUT2D eigenvalue weighted by Gasteiger charge is -2.30. The maximum absolute atomic E-state index is 5.92. The van der Waals surface area contributed by atoms with E-state index in [1.807, 2.05) is 6.07 Å². The number of halogens is 3. The molecule has 0 amide bonds. The van der Waals surface area contributed by atoms with Crippen LogP contribution in [0.4, 0.5) is 5.82 Å². The third kappa shape index (κ3) is 3.27. The van der Waals surface area contributed by atoms with E-state index in [4.69, 9.17) is 23.2 Å². The Balaban J connectivity index is 2.24. The van der Waals surface area contributed by atoms with Crippen molar-refractivity contribution < 1.29 is 0 Å². The molecule has 0 N–H and O–H groups in total. The zero-order valence-corrected chi connectivity index (χ0v) is 12.6. The van der Waals surface area contributed by atoms with Gasteiger partial charge < -0.3 is 4.90 Å². The normalized spacial score (nSPS) is 16.4. The zero-order valence-electron chi connectivity index (χ0n) is 9.50. The van der Waals surface area contributed by atoms with E-state index in [1.165, 1.54) is 25.7 Å². The summed E-state index contributed by atoms with van der Waals surface area (Å²) in [6.45, 7) is 0.833. The zero-order chi connectivity index (χ0) is 12.3. The van der Waals surface area contributed by atoms with Gasteiger partial charge in [-0.2, -0.15) is 0 Å². The molecule has 0 saturated heterocycles. The highest BCUT2D eigenvalue weighted by Crippen LogP contribution is 2.32. The first-order chi connectivity index (χ1) is 8.22. The minimum Gasteiger partial charge on any atom is -0.352 e. The highest BCUT2D eigenvalue weighted by atomic mass is 79.9. The fraction of sp³-hybridized carbons (Fsp3) is 0.583. The molecule has 1 aliphatic rings. The molecule has 0 aliphatic heterocycles. The number of nitrogens with zero attached hydrogens (tertiary/aromatic N) is 2. The van der Waals surface area contributed by atoms with Gasteiger partial charge in [0.15, 0.2) is 0 Å². The van der Waals surface area contributed by atoms with E-state index in [9.17, 15) is 0 Å². The second kappa shape index (κ2) is 6.26. The number of hydrogen-bond acceptors (Lipinski definition) is 2. The Morgan fingerprint density at radius 1 is 1.41 bits per heavy atom. The lowest BCUT2D eigenvalue weighted by atomic mass is 10.2. The standard InChI is InChI=1S/C12H15BrCl2N2/c13-11-7-9(15)8-16-12(11)17(6-5-14)10-3-1-2-4-10/h7-8,10H,1-6H2. The van der Waals surface area contributed by atoms with Crippen molar-refractivity contribution in [2.24, 2.45) is 0 Å². The van der Waals surface area contributed by atoms with Crippen LogP contribution in [-0.4, -0.2) is 23.5 Å². The van der Waals surface area contributed by atoms with Gasteiger partial charge in [0.05, 0.1) is 9.50 Å². The molecule has 0 radical (unpaired) electrons. The van der Waals surface area contributed by atoms with E-state index < -0.39 is 0 Å². The van der Waals surface area contributed by atoms with Crippen molar-refractivity contribution in [1.82, 2.24) is 4.98 Å². The summed E-state index contributed by atoms with van der Waals surface area (Å²) in [6, 6.07) is 2.46. The van der Waals surface area contributed by atoms with Gasteiger partial charge in [-0.1, -0.05) is 24.4 Å². The molecule has 1 aliphatic carbocycles. The molecular weight excluding hydrogens is 323 g/mol. The molecule has 94 valence electrons. The number of anilines is 1. The smallest absolute Gasteiger partial charge is 0.143 e. The van der Waals surface area contributed by atoms with E-state index in [-0.39, 0.29) is 0 Å². The first-order valence-corrected chi connectivity index (χ1v) is 7.56. The minimum absolute atomic E-state index is 0.568. The average molecular weight is 338 g/mol. The molecule has 1 aromatic heterocycles. The van der Waals surface area contributed by atoms with Crippen molar-refractivity contribution >= 4 is 44.9 Å². The first kappa shape index (κ1) is 13.4. The van der Waals surface area contributed by atoms with Crippen molar-refractivity contribution in [3.8, 4) is 0 Å². The second-order valence-electron chi connectivity index (χ2n) is 4.28. The van der Waals surface area contributed by atoms with Gasteiger partial charge in [-0.05, 0) is 34.8 Å². The van der Waals surface area contributed by atoms with Crippen molar-refractivity contribution in [1.29, 1.82) is 0 Å². The predicted octanol–water partition coefficient (Wildman–Crippen LogP) is 4.49. The lowest BCUT2D eigenvalue weighted by Crippen LogP contribution is -2.35. The molecule has 1 fully saturated rings. The molecule has 0 aromatic carbocycles.